The molecule has 0 amide bonds. The molecule has 3 rings (SSSR count). The summed E-state index contributed by atoms with van der Waals surface area (Å²) >= 11 is 0. The maximum absolute atomic E-state index is 14.0. The lowest BCUT2D eigenvalue weighted by Crippen LogP contribution is -2.31. The van der Waals surface area contributed by atoms with E-state index in [1.54, 1.807) is 0 Å². The predicted molar refractivity (Wildman–Crippen MR) is 89.9 cm³/mol. The Bertz CT molecular complexity index is 805. The van der Waals surface area contributed by atoms with Crippen molar-refractivity contribution in [2.45, 2.75) is 30.7 Å². The molecule has 2 aromatic rings. The fourth-order valence-electron chi connectivity index (χ4n) is 3.09. The molecule has 0 aromatic heterocycles. The van der Waals surface area contributed by atoms with Gasteiger partial charge in [-0.15, -0.1) is 0 Å². The minimum atomic E-state index is -3.86. The molecule has 24 heavy (non-hydrogen) atoms. The largest absolute Gasteiger partial charge is 0.494 e. The quantitative estimate of drug-likeness (QED) is 0.826. The van der Waals surface area contributed by atoms with Crippen LogP contribution >= 0.6 is 0 Å². The summed E-state index contributed by atoms with van der Waals surface area (Å²) in [7, 11) is -3.86. The van der Waals surface area contributed by atoms with E-state index in [1.165, 1.54) is 28.6 Å². The van der Waals surface area contributed by atoms with Gasteiger partial charge in [-0.2, -0.15) is 4.31 Å². The van der Waals surface area contributed by atoms with Crippen molar-refractivity contribution in [1.82, 2.24) is 4.31 Å². The summed E-state index contributed by atoms with van der Waals surface area (Å²) < 4.78 is 46.5. The van der Waals surface area contributed by atoms with E-state index in [0.717, 1.165) is 24.2 Å². The topological polar surface area (TPSA) is 46.6 Å². The summed E-state index contributed by atoms with van der Waals surface area (Å²) in [5.74, 6) is 0.0394. The number of nitrogens with zero attached hydrogens (tertiary/aromatic N) is 1. The van der Waals surface area contributed by atoms with Gasteiger partial charge in [0.2, 0.25) is 10.0 Å². The van der Waals surface area contributed by atoms with Gasteiger partial charge in [0, 0.05) is 6.54 Å². The average molecular weight is 349 g/mol. The first-order chi connectivity index (χ1) is 11.5. The fourth-order valence-corrected chi connectivity index (χ4v) is 4.84. The summed E-state index contributed by atoms with van der Waals surface area (Å²) in [4.78, 5) is -0.261. The monoisotopic (exact) mass is 349 g/mol. The number of benzene rings is 2. The van der Waals surface area contributed by atoms with Gasteiger partial charge in [-0.3, -0.25) is 0 Å². The van der Waals surface area contributed by atoms with Crippen molar-refractivity contribution < 1.29 is 17.5 Å². The Hall–Kier alpha value is -1.92. The molecule has 1 atom stereocenters. The molecule has 0 spiro atoms. The smallest absolute Gasteiger partial charge is 0.246 e. The molecule has 0 N–H and O–H groups in total. The molecule has 1 aliphatic heterocycles. The Labute approximate surface area is 141 Å². The van der Waals surface area contributed by atoms with Gasteiger partial charge in [-0.1, -0.05) is 24.3 Å². The summed E-state index contributed by atoms with van der Waals surface area (Å²) in [5, 5.41) is 0. The van der Waals surface area contributed by atoms with Gasteiger partial charge in [-0.05, 0) is 49.6 Å². The zero-order chi connectivity index (χ0) is 17.2. The predicted octanol–water partition coefficient (Wildman–Crippen LogP) is 3.75. The molecule has 128 valence electrons. The van der Waals surface area contributed by atoms with Crippen LogP contribution in [0.15, 0.2) is 53.4 Å². The zero-order valence-electron chi connectivity index (χ0n) is 13.5. The molecule has 1 saturated heterocycles. The molecule has 1 unspecified atom stereocenters. The van der Waals surface area contributed by atoms with Gasteiger partial charge in [0.1, 0.15) is 16.5 Å². The van der Waals surface area contributed by atoms with Gasteiger partial charge in [0.25, 0.3) is 0 Å². The van der Waals surface area contributed by atoms with Crippen molar-refractivity contribution in [2.75, 3.05) is 13.2 Å². The highest BCUT2D eigenvalue weighted by Crippen LogP contribution is 2.37. The van der Waals surface area contributed by atoms with Crippen LogP contribution in [0.3, 0.4) is 0 Å². The molecule has 1 heterocycles. The van der Waals surface area contributed by atoms with E-state index in [9.17, 15) is 12.8 Å². The van der Waals surface area contributed by atoms with Crippen molar-refractivity contribution in [1.29, 1.82) is 0 Å². The van der Waals surface area contributed by atoms with Gasteiger partial charge in [0.15, 0.2) is 0 Å². The Morgan fingerprint density at radius 3 is 2.54 bits per heavy atom. The van der Waals surface area contributed by atoms with Crippen molar-refractivity contribution in [3.8, 4) is 5.75 Å². The van der Waals surface area contributed by atoms with Gasteiger partial charge in [0.05, 0.1) is 12.6 Å². The lowest BCUT2D eigenvalue weighted by atomic mass is 10.1. The minimum Gasteiger partial charge on any atom is -0.494 e. The highest BCUT2D eigenvalue weighted by Gasteiger charge is 2.37. The number of ether oxygens (including phenoxy) is 1. The second kappa shape index (κ2) is 6.91. The normalized spacial score (nSPS) is 18.7. The summed E-state index contributed by atoms with van der Waals surface area (Å²) in [6, 6.07) is 12.7. The molecule has 0 aliphatic carbocycles. The van der Waals surface area contributed by atoms with Gasteiger partial charge >= 0.3 is 0 Å². The summed E-state index contributed by atoms with van der Waals surface area (Å²) in [6.45, 7) is 2.89. The van der Waals surface area contributed by atoms with E-state index >= 15 is 0 Å². The Balaban J connectivity index is 1.91. The third-order valence-corrected chi connectivity index (χ3v) is 6.14. The molecule has 6 heteroatoms. The zero-order valence-corrected chi connectivity index (χ0v) is 14.3. The van der Waals surface area contributed by atoms with Crippen LogP contribution in [0.25, 0.3) is 0 Å². The van der Waals surface area contributed by atoms with Crippen molar-refractivity contribution in [2.24, 2.45) is 0 Å². The Morgan fingerprint density at radius 2 is 1.88 bits per heavy atom. The first-order valence-corrected chi connectivity index (χ1v) is 9.47. The average Bonchev–Trinajstić information content (AvgIpc) is 3.06. The van der Waals surface area contributed by atoms with Crippen LogP contribution in [0.1, 0.15) is 31.4 Å². The number of hydrogen-bond acceptors (Lipinski definition) is 3. The lowest BCUT2D eigenvalue weighted by molar-refractivity contribution is 0.339. The second-order valence-electron chi connectivity index (χ2n) is 5.71. The SMILES string of the molecule is CCOc1ccc(C2CCCN2S(=O)(=O)c2ccccc2F)cc1. The fraction of sp³-hybridized carbons (Fsp3) is 0.333. The number of rotatable bonds is 5. The van der Waals surface area contributed by atoms with Crippen LogP contribution < -0.4 is 4.74 Å². The molecule has 1 fully saturated rings. The van der Waals surface area contributed by atoms with Crippen LogP contribution in [0.5, 0.6) is 5.75 Å². The van der Waals surface area contributed by atoms with E-state index in [0.29, 0.717) is 13.2 Å². The molecule has 4 nitrogen and oxygen atoms in total. The Morgan fingerprint density at radius 1 is 1.17 bits per heavy atom. The second-order valence-corrected chi connectivity index (χ2v) is 7.57. The van der Waals surface area contributed by atoms with E-state index in [1.807, 2.05) is 31.2 Å². The third-order valence-electron chi connectivity index (χ3n) is 4.20. The molecular weight excluding hydrogens is 329 g/mol. The molecule has 2 aromatic carbocycles. The minimum absolute atomic E-state index is 0.261. The van der Waals surface area contributed by atoms with E-state index in [4.69, 9.17) is 4.74 Å². The molecule has 1 aliphatic rings. The molecule has 0 bridgehead atoms. The van der Waals surface area contributed by atoms with Gasteiger partial charge in [-0.25, -0.2) is 12.8 Å². The van der Waals surface area contributed by atoms with Crippen LogP contribution in [0, 0.1) is 5.82 Å². The lowest BCUT2D eigenvalue weighted by Gasteiger charge is -2.24. The van der Waals surface area contributed by atoms with Crippen LogP contribution in [0.2, 0.25) is 0 Å². The highest BCUT2D eigenvalue weighted by molar-refractivity contribution is 7.89. The van der Waals surface area contributed by atoms with Crippen molar-refractivity contribution in [3.63, 3.8) is 0 Å². The third kappa shape index (κ3) is 3.16. The van der Waals surface area contributed by atoms with Crippen molar-refractivity contribution in [3.05, 3.63) is 59.9 Å². The molecule has 0 radical (unpaired) electrons. The standard InChI is InChI=1S/C18H20FNO3S/c1-2-23-15-11-9-14(10-12-15)17-7-5-13-20(17)24(21,22)18-8-4-3-6-16(18)19/h3-4,6,8-12,17H,2,5,7,13H2,1H3. The van der Waals surface area contributed by atoms with E-state index < -0.39 is 15.8 Å². The van der Waals surface area contributed by atoms with Crippen LogP contribution in [-0.4, -0.2) is 25.9 Å². The van der Waals surface area contributed by atoms with Gasteiger partial charge < -0.3 is 4.74 Å². The Kier molecular flexibility index (Phi) is 4.87. The first kappa shape index (κ1) is 16.9. The van der Waals surface area contributed by atoms with Crippen LogP contribution in [0.4, 0.5) is 4.39 Å². The number of sulfonamides is 1. The number of hydrogen-bond donors (Lipinski definition) is 0. The maximum Gasteiger partial charge on any atom is 0.246 e. The van der Waals surface area contributed by atoms with E-state index in [-0.39, 0.29) is 10.9 Å². The van der Waals surface area contributed by atoms with Crippen molar-refractivity contribution >= 4 is 10.0 Å². The first-order valence-electron chi connectivity index (χ1n) is 8.03. The van der Waals surface area contributed by atoms with Crippen LogP contribution in [-0.2, 0) is 10.0 Å². The molecular formula is C18H20FNO3S. The van der Waals surface area contributed by atoms with E-state index in [2.05, 4.69) is 0 Å². The summed E-state index contributed by atoms with van der Waals surface area (Å²) in [5.41, 5.74) is 0.899. The number of halogens is 1. The highest BCUT2D eigenvalue weighted by atomic mass is 32.2. The molecule has 0 saturated carbocycles. The summed E-state index contributed by atoms with van der Waals surface area (Å²) in [6.07, 6.45) is 1.48. The maximum atomic E-state index is 14.0.